The van der Waals surface area contributed by atoms with Crippen LogP contribution in [0.5, 0.6) is 0 Å². The summed E-state index contributed by atoms with van der Waals surface area (Å²) >= 11 is 0. The van der Waals surface area contributed by atoms with E-state index in [1.54, 1.807) is 0 Å². The Bertz CT molecular complexity index is 1070. The van der Waals surface area contributed by atoms with Gasteiger partial charge in [-0.25, -0.2) is 0 Å². The molecule has 5 nitrogen and oxygen atoms in total. The summed E-state index contributed by atoms with van der Waals surface area (Å²) in [7, 11) is 0. The summed E-state index contributed by atoms with van der Waals surface area (Å²) in [5.41, 5.74) is 3.92. The van der Waals surface area contributed by atoms with Crippen LogP contribution in [0, 0.1) is 5.92 Å². The first-order valence-corrected chi connectivity index (χ1v) is 17.2. The highest BCUT2D eigenvalue weighted by atomic mass is 16.2. The van der Waals surface area contributed by atoms with Crippen LogP contribution in [-0.4, -0.2) is 42.9 Å². The summed E-state index contributed by atoms with van der Waals surface area (Å²) in [4.78, 5) is 30.8. The van der Waals surface area contributed by atoms with Crippen molar-refractivity contribution in [2.45, 2.75) is 116 Å². The normalized spacial score (nSPS) is 15.7. The van der Waals surface area contributed by atoms with Gasteiger partial charge in [0.1, 0.15) is 0 Å². The molecule has 0 spiro atoms. The van der Waals surface area contributed by atoms with Crippen LogP contribution >= 0.6 is 0 Å². The Hall–Kier alpha value is -2.82. The van der Waals surface area contributed by atoms with Gasteiger partial charge in [-0.3, -0.25) is 9.59 Å². The molecule has 230 valence electrons. The lowest BCUT2D eigenvalue weighted by molar-refractivity contribution is -0.116. The number of nitrogens with one attached hydrogen (secondary N) is 1. The predicted octanol–water partition coefficient (Wildman–Crippen LogP) is 9.02. The molecule has 1 N–H and O–H groups in total. The van der Waals surface area contributed by atoms with Crippen LogP contribution in [0.2, 0.25) is 0 Å². The predicted molar refractivity (Wildman–Crippen MR) is 176 cm³/mol. The number of likely N-dealkylation sites (tertiary alicyclic amines) is 1. The monoisotopic (exact) mass is 573 g/mol. The van der Waals surface area contributed by atoms with E-state index in [0.29, 0.717) is 12.3 Å². The van der Waals surface area contributed by atoms with Crippen LogP contribution in [0.25, 0.3) is 0 Å². The zero-order valence-corrected chi connectivity index (χ0v) is 26.3. The Morgan fingerprint density at radius 1 is 0.762 bits per heavy atom. The Labute approximate surface area is 255 Å². The molecule has 0 atom stereocenters. The molecule has 0 aliphatic carbocycles. The van der Waals surface area contributed by atoms with Crippen molar-refractivity contribution >= 4 is 23.2 Å². The fraction of sp³-hybridized carbons (Fsp3) is 0.622. The third-order valence-corrected chi connectivity index (χ3v) is 9.23. The molecule has 2 aliphatic rings. The second kappa shape index (κ2) is 18.0. The molecule has 2 aliphatic heterocycles. The van der Waals surface area contributed by atoms with Crippen LogP contribution in [0.15, 0.2) is 48.5 Å². The summed E-state index contributed by atoms with van der Waals surface area (Å²) in [5.74, 6) is 0.839. The van der Waals surface area contributed by atoms with Crippen molar-refractivity contribution in [2.24, 2.45) is 5.92 Å². The minimum atomic E-state index is 0.0555. The molecule has 2 saturated heterocycles. The molecule has 0 aromatic heterocycles. The molecule has 0 saturated carbocycles. The van der Waals surface area contributed by atoms with E-state index in [1.165, 1.54) is 63.4 Å². The van der Waals surface area contributed by atoms with E-state index in [9.17, 15) is 9.59 Å². The lowest BCUT2D eigenvalue weighted by Gasteiger charge is -2.35. The minimum absolute atomic E-state index is 0.0555. The van der Waals surface area contributed by atoms with Gasteiger partial charge in [0.05, 0.1) is 5.56 Å². The van der Waals surface area contributed by atoms with Gasteiger partial charge in [0.2, 0.25) is 5.91 Å². The van der Waals surface area contributed by atoms with Crippen molar-refractivity contribution in [1.29, 1.82) is 0 Å². The molecular weight excluding hydrogens is 518 g/mol. The van der Waals surface area contributed by atoms with E-state index in [1.807, 2.05) is 17.0 Å². The molecule has 0 bridgehead atoms. The van der Waals surface area contributed by atoms with Gasteiger partial charge in [-0.15, -0.1) is 0 Å². The molecule has 2 aromatic rings. The van der Waals surface area contributed by atoms with Crippen molar-refractivity contribution in [3.05, 3.63) is 59.7 Å². The third-order valence-electron chi connectivity index (χ3n) is 9.23. The van der Waals surface area contributed by atoms with Crippen LogP contribution in [0.3, 0.4) is 0 Å². The summed E-state index contributed by atoms with van der Waals surface area (Å²) in [6, 6.07) is 16.8. The number of hydrogen-bond donors (Lipinski definition) is 1. The van der Waals surface area contributed by atoms with E-state index < -0.39 is 0 Å². The number of rotatable bonds is 17. The summed E-state index contributed by atoms with van der Waals surface area (Å²) in [6.45, 7) is 5.84. The maximum Gasteiger partial charge on any atom is 0.256 e. The fourth-order valence-electron chi connectivity index (χ4n) is 6.65. The molecule has 2 heterocycles. The second-order valence-corrected chi connectivity index (χ2v) is 12.7. The van der Waals surface area contributed by atoms with Gasteiger partial charge in [-0.1, -0.05) is 101 Å². The van der Waals surface area contributed by atoms with Crippen molar-refractivity contribution in [3.8, 4) is 0 Å². The highest BCUT2D eigenvalue weighted by Gasteiger charge is 2.27. The standard InChI is InChI=1S/C37H55N3O2/c1-2-3-4-5-6-7-8-9-10-11-15-20-36(41)38-33-21-22-35(34(30-33)37(42)40-25-16-17-26-40)39-27-23-32(24-28-39)29-31-18-13-12-14-19-31/h12-14,18-19,21-22,30,32H,2-11,15-17,20,23-29H2,1H3,(H,38,41). The SMILES string of the molecule is CCCCCCCCCCCCCC(=O)Nc1ccc(N2CCC(Cc3ccccc3)CC2)c(C(=O)N2CCCC2)c1. The number of amides is 2. The number of benzene rings is 2. The molecular formula is C37H55N3O2. The van der Waals surface area contributed by atoms with E-state index in [2.05, 4.69) is 53.5 Å². The van der Waals surface area contributed by atoms with Gasteiger partial charge in [-0.2, -0.15) is 0 Å². The Morgan fingerprint density at radius 2 is 1.38 bits per heavy atom. The highest BCUT2D eigenvalue weighted by molar-refractivity contribution is 6.02. The Balaban J connectivity index is 1.25. The van der Waals surface area contributed by atoms with Crippen LogP contribution in [-0.2, 0) is 11.2 Å². The number of anilines is 2. The first-order chi connectivity index (χ1) is 20.6. The number of carbonyl (C=O) groups excluding carboxylic acids is 2. The molecule has 2 amide bonds. The average molecular weight is 574 g/mol. The number of carbonyl (C=O) groups is 2. The average Bonchev–Trinajstić information content (AvgIpc) is 3.56. The van der Waals surface area contributed by atoms with Gasteiger partial charge in [0.25, 0.3) is 5.91 Å². The maximum absolute atomic E-state index is 13.6. The molecule has 0 unspecified atom stereocenters. The highest BCUT2D eigenvalue weighted by Crippen LogP contribution is 2.31. The topological polar surface area (TPSA) is 52.7 Å². The lowest BCUT2D eigenvalue weighted by Crippen LogP contribution is -2.36. The van der Waals surface area contributed by atoms with Crippen LogP contribution in [0.1, 0.15) is 126 Å². The lowest BCUT2D eigenvalue weighted by atomic mass is 9.89. The first kappa shape index (κ1) is 32.1. The van der Waals surface area contributed by atoms with Crippen molar-refractivity contribution in [3.63, 3.8) is 0 Å². The van der Waals surface area contributed by atoms with Crippen LogP contribution in [0.4, 0.5) is 11.4 Å². The zero-order valence-electron chi connectivity index (χ0n) is 26.3. The second-order valence-electron chi connectivity index (χ2n) is 12.7. The first-order valence-electron chi connectivity index (χ1n) is 17.2. The van der Waals surface area contributed by atoms with Gasteiger partial charge < -0.3 is 15.1 Å². The minimum Gasteiger partial charge on any atom is -0.371 e. The van der Waals surface area contributed by atoms with E-state index >= 15 is 0 Å². The fourth-order valence-corrected chi connectivity index (χ4v) is 6.65. The number of hydrogen-bond acceptors (Lipinski definition) is 3. The van der Waals surface area contributed by atoms with E-state index in [-0.39, 0.29) is 11.8 Å². The Kier molecular flexibility index (Phi) is 13.7. The number of nitrogens with zero attached hydrogens (tertiary/aromatic N) is 2. The summed E-state index contributed by atoms with van der Waals surface area (Å²) in [5, 5.41) is 3.10. The zero-order chi connectivity index (χ0) is 29.4. The number of piperidine rings is 1. The van der Waals surface area contributed by atoms with Gasteiger partial charge >= 0.3 is 0 Å². The molecule has 42 heavy (non-hydrogen) atoms. The maximum atomic E-state index is 13.6. The molecule has 4 rings (SSSR count). The van der Waals surface area contributed by atoms with Crippen molar-refractivity contribution in [1.82, 2.24) is 4.90 Å². The van der Waals surface area contributed by atoms with Crippen molar-refractivity contribution < 1.29 is 9.59 Å². The van der Waals surface area contributed by atoms with Crippen LogP contribution < -0.4 is 10.2 Å². The Morgan fingerprint density at radius 3 is 2.02 bits per heavy atom. The van der Waals surface area contributed by atoms with E-state index in [0.717, 1.165) is 88.1 Å². The number of unbranched alkanes of at least 4 members (excludes halogenated alkanes) is 10. The summed E-state index contributed by atoms with van der Waals surface area (Å²) in [6.07, 6.45) is 20.1. The largest absolute Gasteiger partial charge is 0.371 e. The third kappa shape index (κ3) is 10.5. The molecule has 2 fully saturated rings. The quantitative estimate of drug-likeness (QED) is 0.192. The summed E-state index contributed by atoms with van der Waals surface area (Å²) < 4.78 is 0. The molecule has 5 heteroatoms. The smallest absolute Gasteiger partial charge is 0.256 e. The van der Waals surface area contributed by atoms with Gasteiger partial charge in [-0.05, 0) is 68.2 Å². The van der Waals surface area contributed by atoms with Gasteiger partial charge in [0, 0.05) is 44.0 Å². The van der Waals surface area contributed by atoms with Crippen molar-refractivity contribution in [2.75, 3.05) is 36.4 Å². The van der Waals surface area contributed by atoms with E-state index in [4.69, 9.17) is 0 Å². The van der Waals surface area contributed by atoms with Gasteiger partial charge in [0.15, 0.2) is 0 Å². The molecule has 2 aromatic carbocycles. The molecule has 0 radical (unpaired) electrons.